The Kier molecular flexibility index (Phi) is 4.29. The molecular weight excluding hydrogens is 258 g/mol. The molecule has 0 aliphatic rings. The lowest BCUT2D eigenvalue weighted by Crippen LogP contribution is -2.11. The van der Waals surface area contributed by atoms with Crippen molar-refractivity contribution in [1.82, 2.24) is 0 Å². The number of unbranched alkanes of at least 4 members (excludes halogenated alkanes) is 1. The highest BCUT2D eigenvalue weighted by atomic mass is 19.4. The van der Waals surface area contributed by atoms with Gasteiger partial charge in [0.1, 0.15) is 0 Å². The van der Waals surface area contributed by atoms with Crippen LogP contribution in [-0.4, -0.2) is 0 Å². The summed E-state index contributed by atoms with van der Waals surface area (Å²) >= 11 is 0. The standard InChI is InChI=1S/C12H12F6/c1-2-3-4-8-5-9(11(13,14)15)7-10(6-8)12(16,17)18/h5-7H,2-4H2,1H3. The number of rotatable bonds is 3. The first-order valence-electron chi connectivity index (χ1n) is 5.43. The summed E-state index contributed by atoms with van der Waals surface area (Å²) in [5.74, 6) is 0. The summed E-state index contributed by atoms with van der Waals surface area (Å²) in [7, 11) is 0. The van der Waals surface area contributed by atoms with Crippen LogP contribution in [0.5, 0.6) is 0 Å². The van der Waals surface area contributed by atoms with Gasteiger partial charge < -0.3 is 0 Å². The van der Waals surface area contributed by atoms with Gasteiger partial charge in [-0.15, -0.1) is 0 Å². The second-order valence-electron chi connectivity index (χ2n) is 4.02. The van der Waals surface area contributed by atoms with E-state index in [0.717, 1.165) is 12.1 Å². The summed E-state index contributed by atoms with van der Waals surface area (Å²) in [5, 5.41) is 0. The topological polar surface area (TPSA) is 0 Å². The van der Waals surface area contributed by atoms with Crippen molar-refractivity contribution in [3.05, 3.63) is 34.9 Å². The van der Waals surface area contributed by atoms with Gasteiger partial charge in [-0.3, -0.25) is 0 Å². The van der Waals surface area contributed by atoms with Crippen LogP contribution in [0.15, 0.2) is 18.2 Å². The molecule has 0 aromatic heterocycles. The fourth-order valence-electron chi connectivity index (χ4n) is 1.54. The Hall–Kier alpha value is -1.20. The minimum Gasteiger partial charge on any atom is -0.166 e. The molecular formula is C12H12F6. The van der Waals surface area contributed by atoms with Crippen LogP contribution in [0.1, 0.15) is 36.5 Å². The Morgan fingerprint density at radius 2 is 1.28 bits per heavy atom. The van der Waals surface area contributed by atoms with Crippen LogP contribution in [0.25, 0.3) is 0 Å². The van der Waals surface area contributed by atoms with Crippen molar-refractivity contribution in [2.24, 2.45) is 0 Å². The van der Waals surface area contributed by atoms with Gasteiger partial charge in [-0.25, -0.2) is 0 Å². The summed E-state index contributed by atoms with van der Waals surface area (Å²) in [4.78, 5) is 0. The number of alkyl halides is 6. The van der Waals surface area contributed by atoms with Crippen LogP contribution in [0.3, 0.4) is 0 Å². The fourth-order valence-corrected chi connectivity index (χ4v) is 1.54. The zero-order valence-corrected chi connectivity index (χ0v) is 9.62. The number of benzene rings is 1. The van der Waals surface area contributed by atoms with Gasteiger partial charge in [0, 0.05) is 0 Å². The van der Waals surface area contributed by atoms with Crippen LogP contribution >= 0.6 is 0 Å². The van der Waals surface area contributed by atoms with E-state index in [1.165, 1.54) is 0 Å². The molecule has 0 radical (unpaired) electrons. The molecule has 0 atom stereocenters. The van der Waals surface area contributed by atoms with Crippen molar-refractivity contribution in [2.75, 3.05) is 0 Å². The third-order valence-electron chi connectivity index (χ3n) is 2.47. The smallest absolute Gasteiger partial charge is 0.166 e. The number of hydrogen-bond donors (Lipinski definition) is 0. The third kappa shape index (κ3) is 3.92. The number of halogens is 6. The normalized spacial score (nSPS) is 12.8. The van der Waals surface area contributed by atoms with Gasteiger partial charge in [-0.05, 0) is 36.6 Å². The average molecular weight is 270 g/mol. The Morgan fingerprint density at radius 3 is 1.61 bits per heavy atom. The molecule has 0 saturated carbocycles. The van der Waals surface area contributed by atoms with Gasteiger partial charge in [0.25, 0.3) is 0 Å². The predicted octanol–water partition coefficient (Wildman–Crippen LogP) is 5.07. The molecule has 0 heterocycles. The molecule has 0 N–H and O–H groups in total. The monoisotopic (exact) mass is 270 g/mol. The first-order valence-corrected chi connectivity index (χ1v) is 5.43. The minimum atomic E-state index is -4.76. The number of hydrogen-bond acceptors (Lipinski definition) is 0. The zero-order valence-electron chi connectivity index (χ0n) is 9.62. The zero-order chi connectivity index (χ0) is 14.0. The summed E-state index contributed by atoms with van der Waals surface area (Å²) in [6.45, 7) is 1.82. The van der Waals surface area contributed by atoms with Crippen molar-refractivity contribution < 1.29 is 26.3 Å². The lowest BCUT2D eigenvalue weighted by Gasteiger charge is -2.14. The quantitative estimate of drug-likeness (QED) is 0.673. The van der Waals surface area contributed by atoms with Crippen molar-refractivity contribution >= 4 is 0 Å². The number of aryl methyl sites for hydroxylation is 1. The molecule has 18 heavy (non-hydrogen) atoms. The van der Waals surface area contributed by atoms with E-state index >= 15 is 0 Å². The molecule has 0 aliphatic carbocycles. The van der Waals surface area contributed by atoms with Gasteiger partial charge in [0.05, 0.1) is 11.1 Å². The predicted molar refractivity (Wildman–Crippen MR) is 55.1 cm³/mol. The maximum absolute atomic E-state index is 12.5. The van der Waals surface area contributed by atoms with Crippen molar-refractivity contribution in [1.29, 1.82) is 0 Å². The SMILES string of the molecule is CCCCc1cc(C(F)(F)F)cc(C(F)(F)F)c1. The molecule has 0 spiro atoms. The van der Waals surface area contributed by atoms with E-state index in [1.807, 2.05) is 6.92 Å². The molecule has 102 valence electrons. The first kappa shape index (κ1) is 14.9. The Labute approximate surface area is 101 Å². The highest BCUT2D eigenvalue weighted by Gasteiger charge is 2.36. The average Bonchev–Trinajstić information content (AvgIpc) is 2.23. The first-order chi connectivity index (χ1) is 8.14. The van der Waals surface area contributed by atoms with Crippen LogP contribution in [0, 0.1) is 0 Å². The maximum Gasteiger partial charge on any atom is 0.416 e. The molecule has 0 bridgehead atoms. The lowest BCUT2D eigenvalue weighted by atomic mass is 10.0. The molecule has 6 heteroatoms. The van der Waals surface area contributed by atoms with E-state index in [4.69, 9.17) is 0 Å². The van der Waals surface area contributed by atoms with E-state index in [0.29, 0.717) is 12.8 Å². The molecule has 1 aromatic rings. The second-order valence-corrected chi connectivity index (χ2v) is 4.02. The molecule has 0 unspecified atom stereocenters. The summed E-state index contributed by atoms with van der Waals surface area (Å²) < 4.78 is 74.9. The van der Waals surface area contributed by atoms with E-state index in [1.54, 1.807) is 0 Å². The highest BCUT2D eigenvalue weighted by Crippen LogP contribution is 2.36. The Bertz CT molecular complexity index is 370. The molecule has 0 saturated heterocycles. The maximum atomic E-state index is 12.5. The summed E-state index contributed by atoms with van der Waals surface area (Å²) in [5.41, 5.74) is -2.43. The summed E-state index contributed by atoms with van der Waals surface area (Å²) in [6.07, 6.45) is -8.05. The largest absolute Gasteiger partial charge is 0.416 e. The van der Waals surface area contributed by atoms with Gasteiger partial charge in [-0.1, -0.05) is 13.3 Å². The van der Waals surface area contributed by atoms with Gasteiger partial charge in [-0.2, -0.15) is 26.3 Å². The minimum absolute atomic E-state index is 0.0685. The van der Waals surface area contributed by atoms with Crippen LogP contribution in [0.2, 0.25) is 0 Å². The highest BCUT2D eigenvalue weighted by molar-refractivity contribution is 5.33. The van der Waals surface area contributed by atoms with E-state index in [-0.39, 0.29) is 18.1 Å². The van der Waals surface area contributed by atoms with Gasteiger partial charge in [0.15, 0.2) is 0 Å². The molecule has 0 aliphatic heterocycles. The third-order valence-corrected chi connectivity index (χ3v) is 2.47. The molecule has 0 fully saturated rings. The fraction of sp³-hybridized carbons (Fsp3) is 0.500. The van der Waals surface area contributed by atoms with E-state index in [9.17, 15) is 26.3 Å². The molecule has 1 rings (SSSR count). The van der Waals surface area contributed by atoms with Gasteiger partial charge in [0.2, 0.25) is 0 Å². The van der Waals surface area contributed by atoms with Crippen LogP contribution < -0.4 is 0 Å². The molecule has 1 aromatic carbocycles. The van der Waals surface area contributed by atoms with E-state index in [2.05, 4.69) is 0 Å². The van der Waals surface area contributed by atoms with Crippen molar-refractivity contribution in [3.8, 4) is 0 Å². The molecule has 0 nitrogen and oxygen atoms in total. The van der Waals surface area contributed by atoms with Crippen LogP contribution in [-0.2, 0) is 18.8 Å². The second kappa shape index (κ2) is 5.20. The van der Waals surface area contributed by atoms with Gasteiger partial charge >= 0.3 is 12.4 Å². The van der Waals surface area contributed by atoms with Crippen molar-refractivity contribution in [3.63, 3.8) is 0 Å². The lowest BCUT2D eigenvalue weighted by molar-refractivity contribution is -0.143. The Morgan fingerprint density at radius 1 is 0.833 bits per heavy atom. The van der Waals surface area contributed by atoms with Crippen LogP contribution in [0.4, 0.5) is 26.3 Å². The summed E-state index contributed by atoms with van der Waals surface area (Å²) in [6, 6.07) is 1.71. The molecule has 0 amide bonds. The Balaban J connectivity index is 3.21. The van der Waals surface area contributed by atoms with Crippen molar-refractivity contribution in [2.45, 2.75) is 38.5 Å². The van der Waals surface area contributed by atoms with E-state index < -0.39 is 23.5 Å².